The van der Waals surface area contributed by atoms with Crippen molar-refractivity contribution in [1.82, 2.24) is 29.3 Å². The Balaban J connectivity index is 1.24. The molecule has 1 aliphatic heterocycles. The summed E-state index contributed by atoms with van der Waals surface area (Å²) in [6.45, 7) is 3.56. The number of aromatic nitrogens is 4. The number of hydrogen-bond acceptors (Lipinski definition) is 8. The van der Waals surface area contributed by atoms with Crippen LogP contribution in [-0.2, 0) is 4.79 Å². The van der Waals surface area contributed by atoms with Crippen molar-refractivity contribution in [3.8, 4) is 0 Å². The zero-order chi connectivity index (χ0) is 29.2. The Morgan fingerprint density at radius 3 is 2.43 bits per heavy atom. The molecule has 1 aromatic carbocycles. The number of carbonyl (C=O) groups is 1. The van der Waals surface area contributed by atoms with Crippen molar-refractivity contribution >= 4 is 34.7 Å². The number of fused-ring (bicyclic) bond motifs is 1. The molecule has 1 amide bonds. The number of likely N-dealkylation sites (N-methyl/N-ethyl adjacent to an activating group) is 1. The van der Waals surface area contributed by atoms with E-state index in [0.29, 0.717) is 29.0 Å². The number of halogens is 2. The first-order valence-electron chi connectivity index (χ1n) is 15.2. The van der Waals surface area contributed by atoms with Gasteiger partial charge in [-0.2, -0.15) is 4.98 Å². The minimum absolute atomic E-state index is 0.000270. The van der Waals surface area contributed by atoms with Crippen molar-refractivity contribution in [2.45, 2.75) is 63.5 Å². The third kappa shape index (κ3) is 6.19. The minimum atomic E-state index is -0.706. The van der Waals surface area contributed by atoms with Gasteiger partial charge in [0.1, 0.15) is 17.2 Å². The van der Waals surface area contributed by atoms with Crippen LogP contribution in [0.4, 0.5) is 26.4 Å². The van der Waals surface area contributed by atoms with Gasteiger partial charge in [0.2, 0.25) is 17.8 Å². The average Bonchev–Trinajstić information content (AvgIpc) is 3.36. The summed E-state index contributed by atoms with van der Waals surface area (Å²) in [5.74, 6) is 0.159. The summed E-state index contributed by atoms with van der Waals surface area (Å²) in [6.07, 6.45) is 8.50. The van der Waals surface area contributed by atoms with Gasteiger partial charge in [-0.1, -0.05) is 0 Å². The van der Waals surface area contributed by atoms with E-state index in [1.165, 1.54) is 12.1 Å². The Morgan fingerprint density at radius 2 is 1.74 bits per heavy atom. The Kier molecular flexibility index (Phi) is 8.53. The predicted octanol–water partition coefficient (Wildman–Crippen LogP) is 4.32. The molecule has 42 heavy (non-hydrogen) atoms. The van der Waals surface area contributed by atoms with E-state index in [4.69, 9.17) is 9.97 Å². The number of aliphatic hydroxyl groups excluding tert-OH is 1. The summed E-state index contributed by atoms with van der Waals surface area (Å²) in [5, 5.41) is 16.0. The molecule has 2 aliphatic carbocycles. The van der Waals surface area contributed by atoms with Crippen LogP contribution in [0.5, 0.6) is 0 Å². The van der Waals surface area contributed by atoms with Crippen molar-refractivity contribution in [2.75, 3.05) is 50.5 Å². The summed E-state index contributed by atoms with van der Waals surface area (Å²) in [6, 6.07) is 3.64. The van der Waals surface area contributed by atoms with Gasteiger partial charge in [0.25, 0.3) is 0 Å². The molecule has 12 heteroatoms. The molecular formula is C30H40F2N8O2. The molecule has 0 spiro atoms. The minimum Gasteiger partial charge on any atom is -0.396 e. The quantitative estimate of drug-likeness (QED) is 0.378. The normalized spacial score (nSPS) is 25.5. The lowest BCUT2D eigenvalue weighted by Gasteiger charge is -2.37. The molecule has 10 nitrogen and oxygen atoms in total. The van der Waals surface area contributed by atoms with Crippen LogP contribution in [0.3, 0.4) is 0 Å². The predicted molar refractivity (Wildman–Crippen MR) is 156 cm³/mol. The van der Waals surface area contributed by atoms with Gasteiger partial charge in [0.15, 0.2) is 5.65 Å². The smallest absolute Gasteiger partial charge is 0.225 e. The molecule has 3 aromatic rings. The Morgan fingerprint density at radius 1 is 1.00 bits per heavy atom. The molecule has 3 aliphatic rings. The van der Waals surface area contributed by atoms with E-state index in [0.717, 1.165) is 83.6 Å². The standard InChI is InChI=1S/C30H40F2N8O2/c1-38-12-14-39(15-13-38)28(42)20-4-9-23(10-5-20)40-27-26(36-30(40)35-25-11-6-21(31)16-24(25)32)17-33-29(37-27)34-22-7-2-19(18-41)3-8-22/h6,11,16-17,19-20,22-23,41H,2-5,7-10,12-15,18H2,1H3,(H,35,36)(H,33,34,37)/t19-,20?,22-,23?. The van der Waals surface area contributed by atoms with Crippen LogP contribution in [0.15, 0.2) is 24.4 Å². The number of imidazole rings is 1. The largest absolute Gasteiger partial charge is 0.396 e. The van der Waals surface area contributed by atoms with Crippen LogP contribution in [-0.4, -0.2) is 86.2 Å². The van der Waals surface area contributed by atoms with Gasteiger partial charge in [-0.05, 0) is 76.5 Å². The summed E-state index contributed by atoms with van der Waals surface area (Å²) >= 11 is 0. The summed E-state index contributed by atoms with van der Waals surface area (Å²) in [7, 11) is 2.08. The van der Waals surface area contributed by atoms with Crippen LogP contribution < -0.4 is 10.6 Å². The number of piperazine rings is 1. The molecule has 0 atom stereocenters. The highest BCUT2D eigenvalue weighted by atomic mass is 19.1. The van der Waals surface area contributed by atoms with Crippen molar-refractivity contribution < 1.29 is 18.7 Å². The van der Waals surface area contributed by atoms with Gasteiger partial charge < -0.3 is 25.5 Å². The molecule has 3 heterocycles. The first-order valence-corrected chi connectivity index (χ1v) is 15.2. The Hall–Kier alpha value is -3.38. The Bertz CT molecular complexity index is 1390. The fraction of sp³-hybridized carbons (Fsp3) is 0.600. The number of anilines is 3. The fourth-order valence-corrected chi connectivity index (χ4v) is 6.64. The van der Waals surface area contributed by atoms with Crippen LogP contribution >= 0.6 is 0 Å². The number of nitrogens with zero attached hydrogens (tertiary/aromatic N) is 6. The van der Waals surface area contributed by atoms with Crippen molar-refractivity contribution in [2.24, 2.45) is 11.8 Å². The number of carbonyl (C=O) groups excluding carboxylic acids is 1. The van der Waals surface area contributed by atoms with Crippen molar-refractivity contribution in [3.05, 3.63) is 36.0 Å². The fourth-order valence-electron chi connectivity index (χ4n) is 6.64. The maximum atomic E-state index is 14.6. The summed E-state index contributed by atoms with van der Waals surface area (Å²) < 4.78 is 30.2. The topological polar surface area (TPSA) is 111 Å². The zero-order valence-electron chi connectivity index (χ0n) is 24.1. The van der Waals surface area contributed by atoms with Gasteiger partial charge in [0.05, 0.1) is 11.9 Å². The molecule has 226 valence electrons. The molecule has 0 radical (unpaired) electrons. The number of amides is 1. The van der Waals surface area contributed by atoms with E-state index in [-0.39, 0.29) is 36.2 Å². The van der Waals surface area contributed by atoms with E-state index in [1.54, 1.807) is 6.20 Å². The first-order chi connectivity index (χ1) is 20.4. The highest BCUT2D eigenvalue weighted by Gasteiger charge is 2.33. The zero-order valence-corrected chi connectivity index (χ0v) is 24.1. The third-order valence-corrected chi connectivity index (χ3v) is 9.27. The molecular weight excluding hydrogens is 542 g/mol. The molecule has 6 rings (SSSR count). The van der Waals surface area contributed by atoms with E-state index in [2.05, 4.69) is 27.6 Å². The average molecular weight is 583 g/mol. The number of benzene rings is 1. The molecule has 0 unspecified atom stereocenters. The molecule has 3 N–H and O–H groups in total. The van der Waals surface area contributed by atoms with Crippen LogP contribution in [0.1, 0.15) is 57.4 Å². The Labute approximate surface area is 244 Å². The molecule has 3 fully saturated rings. The van der Waals surface area contributed by atoms with Gasteiger partial charge in [-0.25, -0.2) is 18.7 Å². The van der Waals surface area contributed by atoms with E-state index >= 15 is 0 Å². The van der Waals surface area contributed by atoms with Crippen LogP contribution in [0.25, 0.3) is 11.2 Å². The van der Waals surface area contributed by atoms with E-state index in [1.807, 2.05) is 9.47 Å². The SMILES string of the molecule is CN1CCN(C(=O)C2CCC(n3c(Nc4ccc(F)cc4F)nc4cnc(N[C@H]5CC[C@H](CO)CC5)nc43)CC2)CC1. The van der Waals surface area contributed by atoms with Gasteiger partial charge in [-0.3, -0.25) is 9.36 Å². The number of rotatable bonds is 7. The highest BCUT2D eigenvalue weighted by Crippen LogP contribution is 2.38. The molecule has 2 aromatic heterocycles. The second kappa shape index (κ2) is 12.5. The molecule has 1 saturated heterocycles. The second-order valence-corrected chi connectivity index (χ2v) is 12.1. The second-order valence-electron chi connectivity index (χ2n) is 12.1. The molecule has 2 saturated carbocycles. The van der Waals surface area contributed by atoms with Crippen molar-refractivity contribution in [3.63, 3.8) is 0 Å². The lowest BCUT2D eigenvalue weighted by atomic mass is 9.85. The maximum absolute atomic E-state index is 14.6. The number of nitrogens with one attached hydrogen (secondary N) is 2. The van der Waals surface area contributed by atoms with Crippen LogP contribution in [0.2, 0.25) is 0 Å². The van der Waals surface area contributed by atoms with E-state index in [9.17, 15) is 18.7 Å². The van der Waals surface area contributed by atoms with Crippen molar-refractivity contribution in [1.29, 1.82) is 0 Å². The van der Waals surface area contributed by atoms with Gasteiger partial charge in [-0.15, -0.1) is 0 Å². The van der Waals surface area contributed by atoms with E-state index < -0.39 is 11.6 Å². The third-order valence-electron chi connectivity index (χ3n) is 9.27. The summed E-state index contributed by atoms with van der Waals surface area (Å²) in [4.78, 5) is 31.6. The maximum Gasteiger partial charge on any atom is 0.225 e. The van der Waals surface area contributed by atoms with Crippen LogP contribution in [0, 0.1) is 23.5 Å². The van der Waals surface area contributed by atoms with Gasteiger partial charge >= 0.3 is 0 Å². The molecule has 0 bridgehead atoms. The number of aliphatic hydroxyl groups is 1. The summed E-state index contributed by atoms with van der Waals surface area (Å²) in [5.41, 5.74) is 1.33. The van der Waals surface area contributed by atoms with Gasteiger partial charge in [0, 0.05) is 56.9 Å². The highest BCUT2D eigenvalue weighted by molar-refractivity contribution is 5.79. The monoisotopic (exact) mass is 582 g/mol. The first kappa shape index (κ1) is 28.7. The lowest BCUT2D eigenvalue weighted by molar-refractivity contribution is -0.138. The lowest BCUT2D eigenvalue weighted by Crippen LogP contribution is -2.49. The number of hydrogen-bond donors (Lipinski definition) is 3.